The molecule has 1 aliphatic rings. The van der Waals surface area contributed by atoms with Crippen LogP contribution in [0.4, 0.5) is 5.69 Å². The quantitative estimate of drug-likeness (QED) is 0.663. The fourth-order valence-electron chi connectivity index (χ4n) is 1.27. The number of carbonyl (C=O) groups excluding carboxylic acids is 1. The van der Waals surface area contributed by atoms with Crippen molar-refractivity contribution in [3.63, 3.8) is 0 Å². The number of thioether (sulfide) groups is 1. The maximum absolute atomic E-state index is 11.5. The number of halogens is 1. The minimum Gasteiger partial charge on any atom is -0.399 e. The third-order valence-corrected chi connectivity index (χ3v) is 4.25. The van der Waals surface area contributed by atoms with Gasteiger partial charge in [-0.05, 0) is 47.0 Å². The SMILES string of the molecule is Nc1ccc(SCC(=O)NC2CC2)c(Br)c1. The van der Waals surface area contributed by atoms with E-state index in [0.29, 0.717) is 11.8 Å². The molecule has 0 radical (unpaired) electrons. The molecular formula is C11H13BrN2OS. The highest BCUT2D eigenvalue weighted by Crippen LogP contribution is 2.29. The molecule has 1 aromatic rings. The molecule has 0 aliphatic heterocycles. The second-order valence-corrected chi connectivity index (χ2v) is 5.69. The van der Waals surface area contributed by atoms with Crippen molar-refractivity contribution in [3.05, 3.63) is 22.7 Å². The van der Waals surface area contributed by atoms with E-state index in [9.17, 15) is 4.79 Å². The number of anilines is 1. The van der Waals surface area contributed by atoms with Crippen LogP contribution in [0.15, 0.2) is 27.6 Å². The molecule has 3 N–H and O–H groups in total. The third kappa shape index (κ3) is 3.42. The molecule has 5 heteroatoms. The molecule has 0 spiro atoms. The van der Waals surface area contributed by atoms with Crippen LogP contribution in [0.3, 0.4) is 0 Å². The summed E-state index contributed by atoms with van der Waals surface area (Å²) < 4.78 is 0.941. The Labute approximate surface area is 107 Å². The summed E-state index contributed by atoms with van der Waals surface area (Å²) in [7, 11) is 0. The fourth-order valence-corrected chi connectivity index (χ4v) is 2.75. The summed E-state index contributed by atoms with van der Waals surface area (Å²) >= 11 is 4.95. The van der Waals surface area contributed by atoms with Gasteiger partial charge in [0.1, 0.15) is 0 Å². The summed E-state index contributed by atoms with van der Waals surface area (Å²) in [6.45, 7) is 0. The van der Waals surface area contributed by atoms with Crippen molar-refractivity contribution in [2.24, 2.45) is 0 Å². The highest BCUT2D eigenvalue weighted by molar-refractivity contribution is 9.10. The fraction of sp³-hybridized carbons (Fsp3) is 0.364. The van der Waals surface area contributed by atoms with Crippen LogP contribution in [0.2, 0.25) is 0 Å². The first-order valence-electron chi connectivity index (χ1n) is 5.12. The molecule has 0 atom stereocenters. The van der Waals surface area contributed by atoms with Crippen molar-refractivity contribution in [3.8, 4) is 0 Å². The summed E-state index contributed by atoms with van der Waals surface area (Å²) in [6.07, 6.45) is 2.25. The molecular weight excluding hydrogens is 288 g/mol. The van der Waals surface area contributed by atoms with Gasteiger partial charge in [0.2, 0.25) is 5.91 Å². The molecule has 16 heavy (non-hydrogen) atoms. The Hall–Kier alpha value is -0.680. The van der Waals surface area contributed by atoms with E-state index in [4.69, 9.17) is 5.73 Å². The van der Waals surface area contributed by atoms with E-state index >= 15 is 0 Å². The minimum absolute atomic E-state index is 0.108. The number of carbonyl (C=O) groups is 1. The van der Waals surface area contributed by atoms with Gasteiger partial charge < -0.3 is 11.1 Å². The van der Waals surface area contributed by atoms with E-state index in [1.165, 1.54) is 11.8 Å². The van der Waals surface area contributed by atoms with Crippen molar-refractivity contribution in [1.82, 2.24) is 5.32 Å². The van der Waals surface area contributed by atoms with E-state index in [1.54, 1.807) is 0 Å². The van der Waals surface area contributed by atoms with E-state index in [-0.39, 0.29) is 5.91 Å². The summed E-state index contributed by atoms with van der Waals surface area (Å²) in [5.74, 6) is 0.565. The lowest BCUT2D eigenvalue weighted by Gasteiger charge is -2.05. The number of benzene rings is 1. The van der Waals surface area contributed by atoms with E-state index < -0.39 is 0 Å². The van der Waals surface area contributed by atoms with Crippen LogP contribution in [-0.2, 0) is 4.79 Å². The monoisotopic (exact) mass is 300 g/mol. The molecule has 3 nitrogen and oxygen atoms in total. The molecule has 0 heterocycles. The number of nitrogens with two attached hydrogens (primary N) is 1. The van der Waals surface area contributed by atoms with Gasteiger partial charge in [-0.1, -0.05) is 0 Å². The predicted octanol–water partition coefficient (Wildman–Crippen LogP) is 2.40. The zero-order valence-electron chi connectivity index (χ0n) is 8.70. The van der Waals surface area contributed by atoms with Crippen LogP contribution in [0.1, 0.15) is 12.8 Å². The number of amides is 1. The Morgan fingerprint density at radius 2 is 2.31 bits per heavy atom. The van der Waals surface area contributed by atoms with Crippen LogP contribution in [0.5, 0.6) is 0 Å². The average Bonchev–Trinajstić information content (AvgIpc) is 3.00. The van der Waals surface area contributed by atoms with E-state index in [0.717, 1.165) is 27.9 Å². The number of hydrogen-bond acceptors (Lipinski definition) is 3. The maximum atomic E-state index is 11.5. The Morgan fingerprint density at radius 3 is 2.94 bits per heavy atom. The van der Waals surface area contributed by atoms with Crippen LogP contribution >= 0.6 is 27.7 Å². The smallest absolute Gasteiger partial charge is 0.230 e. The summed E-state index contributed by atoms with van der Waals surface area (Å²) in [5.41, 5.74) is 6.36. The molecule has 1 aliphatic carbocycles. The van der Waals surface area contributed by atoms with Crippen molar-refractivity contribution >= 4 is 39.3 Å². The summed E-state index contributed by atoms with van der Waals surface area (Å²) in [4.78, 5) is 12.5. The average molecular weight is 301 g/mol. The predicted molar refractivity (Wildman–Crippen MR) is 70.4 cm³/mol. The highest BCUT2D eigenvalue weighted by Gasteiger charge is 2.23. The largest absolute Gasteiger partial charge is 0.399 e. The minimum atomic E-state index is 0.108. The molecule has 1 fully saturated rings. The van der Waals surface area contributed by atoms with Gasteiger partial charge in [-0.25, -0.2) is 0 Å². The Bertz CT molecular complexity index is 407. The maximum Gasteiger partial charge on any atom is 0.230 e. The summed E-state index contributed by atoms with van der Waals surface area (Å²) in [5, 5.41) is 2.96. The Morgan fingerprint density at radius 1 is 1.56 bits per heavy atom. The zero-order valence-corrected chi connectivity index (χ0v) is 11.1. The van der Waals surface area contributed by atoms with Gasteiger partial charge in [0.05, 0.1) is 5.75 Å². The second-order valence-electron chi connectivity index (χ2n) is 3.82. The van der Waals surface area contributed by atoms with Crippen LogP contribution < -0.4 is 11.1 Å². The first-order valence-corrected chi connectivity index (χ1v) is 6.90. The number of nitrogens with one attached hydrogen (secondary N) is 1. The van der Waals surface area contributed by atoms with Gasteiger partial charge in [0, 0.05) is 21.1 Å². The zero-order chi connectivity index (χ0) is 11.5. The third-order valence-electron chi connectivity index (χ3n) is 2.26. The highest BCUT2D eigenvalue weighted by atomic mass is 79.9. The molecule has 1 aromatic carbocycles. The normalized spacial score (nSPS) is 14.8. The first kappa shape index (κ1) is 11.8. The molecule has 1 saturated carbocycles. The lowest BCUT2D eigenvalue weighted by atomic mass is 10.3. The van der Waals surface area contributed by atoms with Crippen molar-refractivity contribution in [1.29, 1.82) is 0 Å². The standard InChI is InChI=1S/C11H13BrN2OS/c12-9-5-7(13)1-4-10(9)16-6-11(15)14-8-2-3-8/h1,4-5,8H,2-3,6,13H2,(H,14,15). The van der Waals surface area contributed by atoms with Crippen molar-refractivity contribution in [2.75, 3.05) is 11.5 Å². The molecule has 0 bridgehead atoms. The molecule has 0 unspecified atom stereocenters. The summed E-state index contributed by atoms with van der Waals surface area (Å²) in [6, 6.07) is 6.05. The Balaban J connectivity index is 1.85. The van der Waals surface area contributed by atoms with Gasteiger partial charge in [-0.2, -0.15) is 0 Å². The topological polar surface area (TPSA) is 55.1 Å². The van der Waals surface area contributed by atoms with Crippen molar-refractivity contribution in [2.45, 2.75) is 23.8 Å². The van der Waals surface area contributed by atoms with Crippen molar-refractivity contribution < 1.29 is 4.79 Å². The number of nitrogen functional groups attached to an aromatic ring is 1. The number of hydrogen-bond donors (Lipinski definition) is 2. The molecule has 1 amide bonds. The van der Waals surface area contributed by atoms with Crippen LogP contribution in [-0.4, -0.2) is 17.7 Å². The molecule has 0 saturated heterocycles. The van der Waals surface area contributed by atoms with Crippen LogP contribution in [0, 0.1) is 0 Å². The van der Waals surface area contributed by atoms with Gasteiger partial charge in [0.25, 0.3) is 0 Å². The lowest BCUT2D eigenvalue weighted by Crippen LogP contribution is -2.26. The molecule has 86 valence electrons. The van der Waals surface area contributed by atoms with E-state index in [2.05, 4.69) is 21.2 Å². The van der Waals surface area contributed by atoms with Gasteiger partial charge in [-0.3, -0.25) is 4.79 Å². The second kappa shape index (κ2) is 5.10. The first-order chi connectivity index (χ1) is 7.65. The number of rotatable bonds is 4. The van der Waals surface area contributed by atoms with Crippen LogP contribution in [0.25, 0.3) is 0 Å². The Kier molecular flexibility index (Phi) is 3.76. The van der Waals surface area contributed by atoms with E-state index in [1.807, 2.05) is 18.2 Å². The molecule has 0 aromatic heterocycles. The lowest BCUT2D eigenvalue weighted by molar-refractivity contribution is -0.118. The van der Waals surface area contributed by atoms with Gasteiger partial charge in [-0.15, -0.1) is 11.8 Å². The van der Waals surface area contributed by atoms with Gasteiger partial charge in [0.15, 0.2) is 0 Å². The van der Waals surface area contributed by atoms with Gasteiger partial charge >= 0.3 is 0 Å². The molecule has 2 rings (SSSR count).